The second kappa shape index (κ2) is 11.2. The number of pyridine rings is 1. The van der Waals surface area contributed by atoms with Gasteiger partial charge in [-0.2, -0.15) is 8.78 Å². The first kappa shape index (κ1) is 25.2. The summed E-state index contributed by atoms with van der Waals surface area (Å²) in [5.41, 5.74) is 0.579. The van der Waals surface area contributed by atoms with Gasteiger partial charge >= 0.3 is 6.61 Å². The number of alkyl halides is 2. The monoisotopic (exact) mass is 500 g/mol. The van der Waals surface area contributed by atoms with Gasteiger partial charge in [0.15, 0.2) is 5.78 Å². The van der Waals surface area contributed by atoms with Crippen LogP contribution < -0.4 is 10.1 Å². The minimum Gasteiger partial charge on any atom is -0.435 e. The number of carbonyl (C=O) groups is 4. The molecule has 11 heteroatoms. The normalized spacial score (nSPS) is 18.9. The van der Waals surface area contributed by atoms with Crippen LogP contribution in [0.15, 0.2) is 48.7 Å². The standard InChI is InChI=1S/C25H26F2N4O5/c26-25(27)36-17-9-7-16(8-10-17)23(34)29-13-4-2-6-21(33)30-14-11-19-22(30)20(32)15-31(19)24(35)18-5-1-3-12-28-18/h1,3,5,7-10,12,19,22,25H,2,4,6,11,13-15H2,(H,29,34). The van der Waals surface area contributed by atoms with Crippen molar-refractivity contribution in [1.82, 2.24) is 20.1 Å². The average molecular weight is 501 g/mol. The zero-order chi connectivity index (χ0) is 25.7. The van der Waals surface area contributed by atoms with Crippen molar-refractivity contribution in [3.8, 4) is 5.75 Å². The smallest absolute Gasteiger partial charge is 0.387 e. The summed E-state index contributed by atoms with van der Waals surface area (Å²) in [7, 11) is 0. The van der Waals surface area contributed by atoms with E-state index in [1.54, 1.807) is 23.1 Å². The Morgan fingerprint density at radius 3 is 2.56 bits per heavy atom. The molecule has 36 heavy (non-hydrogen) atoms. The molecule has 3 heterocycles. The maximum atomic E-state index is 12.8. The van der Waals surface area contributed by atoms with Gasteiger partial charge in [0.2, 0.25) is 5.91 Å². The highest BCUT2D eigenvalue weighted by Gasteiger charge is 2.51. The molecule has 0 spiro atoms. The van der Waals surface area contributed by atoms with E-state index in [1.807, 2.05) is 0 Å². The lowest BCUT2D eigenvalue weighted by atomic mass is 10.1. The minimum absolute atomic E-state index is 0.0320. The number of nitrogens with one attached hydrogen (secondary N) is 1. The van der Waals surface area contributed by atoms with E-state index in [-0.39, 0.29) is 54.0 Å². The molecule has 1 aromatic heterocycles. The van der Waals surface area contributed by atoms with Crippen molar-refractivity contribution in [1.29, 1.82) is 0 Å². The van der Waals surface area contributed by atoms with Gasteiger partial charge < -0.3 is 19.9 Å². The molecule has 0 bridgehead atoms. The van der Waals surface area contributed by atoms with Gasteiger partial charge in [-0.25, -0.2) is 0 Å². The van der Waals surface area contributed by atoms with Crippen LogP contribution in [-0.4, -0.2) is 76.6 Å². The number of aromatic nitrogens is 1. The van der Waals surface area contributed by atoms with Crippen LogP contribution in [0.2, 0.25) is 0 Å². The van der Waals surface area contributed by atoms with Gasteiger partial charge in [0.05, 0.1) is 12.6 Å². The molecule has 4 rings (SSSR count). The van der Waals surface area contributed by atoms with E-state index in [0.717, 1.165) is 0 Å². The Balaban J connectivity index is 1.21. The van der Waals surface area contributed by atoms with Crippen molar-refractivity contribution in [3.63, 3.8) is 0 Å². The summed E-state index contributed by atoms with van der Waals surface area (Å²) >= 11 is 0. The van der Waals surface area contributed by atoms with Crippen LogP contribution in [0.25, 0.3) is 0 Å². The van der Waals surface area contributed by atoms with Crippen LogP contribution >= 0.6 is 0 Å². The Hall–Kier alpha value is -3.89. The molecule has 9 nitrogen and oxygen atoms in total. The van der Waals surface area contributed by atoms with Crippen LogP contribution in [0, 0.1) is 0 Å². The predicted octanol–water partition coefficient (Wildman–Crippen LogP) is 2.28. The molecule has 2 saturated heterocycles. The summed E-state index contributed by atoms with van der Waals surface area (Å²) in [6, 6.07) is 9.42. The van der Waals surface area contributed by atoms with Crippen LogP contribution in [0.1, 0.15) is 46.5 Å². The molecular weight excluding hydrogens is 474 g/mol. The highest BCUT2D eigenvalue weighted by molar-refractivity contribution is 6.01. The number of unbranched alkanes of at least 4 members (excludes halogenated alkanes) is 1. The molecule has 0 saturated carbocycles. The number of halogens is 2. The second-order valence-electron chi connectivity index (χ2n) is 8.62. The topological polar surface area (TPSA) is 109 Å². The zero-order valence-electron chi connectivity index (χ0n) is 19.4. The first-order valence-electron chi connectivity index (χ1n) is 11.7. The number of ketones is 1. The van der Waals surface area contributed by atoms with Gasteiger partial charge in [-0.15, -0.1) is 0 Å². The first-order chi connectivity index (χ1) is 17.3. The number of ether oxygens (including phenoxy) is 1. The summed E-state index contributed by atoms with van der Waals surface area (Å²) in [5, 5.41) is 2.72. The molecule has 0 radical (unpaired) electrons. The number of fused-ring (bicyclic) bond motifs is 1. The van der Waals surface area contributed by atoms with Crippen LogP contribution in [0.5, 0.6) is 5.75 Å². The minimum atomic E-state index is -2.93. The van der Waals surface area contributed by atoms with Crippen molar-refractivity contribution in [2.75, 3.05) is 19.6 Å². The molecular formula is C25H26F2N4O5. The van der Waals surface area contributed by atoms with Gasteiger partial charge in [-0.3, -0.25) is 24.2 Å². The fourth-order valence-corrected chi connectivity index (χ4v) is 4.64. The molecule has 1 N–H and O–H groups in total. The summed E-state index contributed by atoms with van der Waals surface area (Å²) < 4.78 is 28.7. The number of nitrogens with zero attached hydrogens (tertiary/aromatic N) is 3. The molecule has 190 valence electrons. The van der Waals surface area contributed by atoms with Gasteiger partial charge in [-0.1, -0.05) is 6.07 Å². The van der Waals surface area contributed by atoms with E-state index in [0.29, 0.717) is 37.9 Å². The van der Waals surface area contributed by atoms with Crippen LogP contribution in [0.3, 0.4) is 0 Å². The molecule has 1 aromatic carbocycles. The van der Waals surface area contributed by atoms with Gasteiger partial charge in [0, 0.05) is 31.3 Å². The molecule has 0 aliphatic carbocycles. The van der Waals surface area contributed by atoms with E-state index < -0.39 is 12.7 Å². The van der Waals surface area contributed by atoms with E-state index in [9.17, 15) is 28.0 Å². The zero-order valence-corrected chi connectivity index (χ0v) is 19.4. The summed E-state index contributed by atoms with van der Waals surface area (Å²) in [4.78, 5) is 57.6. The third kappa shape index (κ3) is 5.67. The fraction of sp³-hybridized carbons (Fsp3) is 0.400. The molecule has 2 aromatic rings. The van der Waals surface area contributed by atoms with E-state index in [1.165, 1.54) is 35.4 Å². The number of amides is 3. The first-order valence-corrected chi connectivity index (χ1v) is 11.7. The predicted molar refractivity (Wildman–Crippen MR) is 123 cm³/mol. The van der Waals surface area contributed by atoms with Crippen molar-refractivity contribution < 1.29 is 32.7 Å². The Morgan fingerprint density at radius 2 is 1.86 bits per heavy atom. The number of Topliss-reactive ketones (excluding diaryl/α,β-unsaturated/α-hetero) is 1. The highest BCUT2D eigenvalue weighted by Crippen LogP contribution is 2.31. The van der Waals surface area contributed by atoms with E-state index in [4.69, 9.17) is 0 Å². The average Bonchev–Trinajstić information content (AvgIpc) is 3.45. The summed E-state index contributed by atoms with van der Waals surface area (Å²) in [6.07, 6.45) is 3.35. The van der Waals surface area contributed by atoms with Crippen molar-refractivity contribution in [2.45, 2.75) is 44.4 Å². The lowest BCUT2D eigenvalue weighted by Gasteiger charge is -2.24. The van der Waals surface area contributed by atoms with E-state index >= 15 is 0 Å². The maximum absolute atomic E-state index is 12.8. The van der Waals surface area contributed by atoms with E-state index in [2.05, 4.69) is 15.0 Å². The molecule has 2 fully saturated rings. The number of likely N-dealkylation sites (tertiary alicyclic amines) is 2. The number of benzene rings is 1. The Kier molecular flexibility index (Phi) is 7.87. The Labute approximate surface area is 206 Å². The number of hydrogen-bond acceptors (Lipinski definition) is 6. The number of rotatable bonds is 9. The molecule has 2 aliphatic heterocycles. The highest BCUT2D eigenvalue weighted by atomic mass is 19.3. The molecule has 2 aliphatic rings. The van der Waals surface area contributed by atoms with Gasteiger partial charge in [0.25, 0.3) is 11.8 Å². The lowest BCUT2D eigenvalue weighted by Crippen LogP contribution is -2.43. The second-order valence-corrected chi connectivity index (χ2v) is 8.62. The van der Waals surface area contributed by atoms with Crippen LogP contribution in [-0.2, 0) is 9.59 Å². The van der Waals surface area contributed by atoms with Gasteiger partial charge in [-0.05, 0) is 55.7 Å². The van der Waals surface area contributed by atoms with Crippen molar-refractivity contribution in [3.05, 3.63) is 59.9 Å². The summed E-state index contributed by atoms with van der Waals surface area (Å²) in [6.45, 7) is -2.22. The van der Waals surface area contributed by atoms with Crippen LogP contribution in [0.4, 0.5) is 8.78 Å². The van der Waals surface area contributed by atoms with Crippen molar-refractivity contribution >= 4 is 23.5 Å². The third-order valence-electron chi connectivity index (χ3n) is 6.33. The largest absolute Gasteiger partial charge is 0.435 e. The fourth-order valence-electron chi connectivity index (χ4n) is 4.64. The molecule has 2 atom stereocenters. The quantitative estimate of drug-likeness (QED) is 0.530. The molecule has 3 amide bonds. The number of carbonyl (C=O) groups excluding carboxylic acids is 4. The summed E-state index contributed by atoms with van der Waals surface area (Å²) in [5.74, 6) is -0.996. The third-order valence-corrected chi connectivity index (χ3v) is 6.33. The SMILES string of the molecule is O=C(NCCCCC(=O)N1CCC2C1C(=O)CN2C(=O)c1ccccn1)c1ccc(OC(F)F)cc1. The lowest BCUT2D eigenvalue weighted by molar-refractivity contribution is -0.136. The molecule has 2 unspecified atom stereocenters. The van der Waals surface area contributed by atoms with Gasteiger partial charge in [0.1, 0.15) is 17.5 Å². The Morgan fingerprint density at radius 1 is 1.08 bits per heavy atom. The maximum Gasteiger partial charge on any atom is 0.387 e. The number of hydrogen-bond donors (Lipinski definition) is 1. The Bertz CT molecular complexity index is 1110. The van der Waals surface area contributed by atoms with Crippen molar-refractivity contribution in [2.24, 2.45) is 0 Å².